The van der Waals surface area contributed by atoms with E-state index in [-0.39, 0.29) is 27.1 Å². The highest BCUT2D eigenvalue weighted by molar-refractivity contribution is 7.92. The van der Waals surface area contributed by atoms with Gasteiger partial charge >= 0.3 is 0 Å². The second kappa shape index (κ2) is 12.4. The summed E-state index contributed by atoms with van der Waals surface area (Å²) in [6, 6.07) is 15.3. The largest absolute Gasteiger partial charge is 0.495 e. The van der Waals surface area contributed by atoms with Crippen molar-refractivity contribution in [1.82, 2.24) is 0 Å². The number of nitrogens with zero attached hydrogens (tertiary/aromatic N) is 1. The molecule has 0 aromatic heterocycles. The van der Waals surface area contributed by atoms with Crippen molar-refractivity contribution in [2.75, 3.05) is 44.1 Å². The van der Waals surface area contributed by atoms with Crippen LogP contribution in [-0.2, 0) is 14.8 Å². The molecular weight excluding hydrogens is 520 g/mol. The maximum atomic E-state index is 13.9. The Bertz CT molecular complexity index is 1380. The van der Waals surface area contributed by atoms with Gasteiger partial charge in [-0.15, -0.1) is 0 Å². The number of carbonyl (C=O) groups excluding carboxylic acids is 1. The minimum absolute atomic E-state index is 0.0861. The van der Waals surface area contributed by atoms with E-state index in [2.05, 4.69) is 11.9 Å². The fourth-order valence-electron chi connectivity index (χ4n) is 3.41. The maximum Gasteiger partial charge on any atom is 0.265 e. The summed E-state index contributed by atoms with van der Waals surface area (Å²) in [6.07, 6.45) is 1.60. The van der Waals surface area contributed by atoms with Crippen LogP contribution in [0.1, 0.15) is 0 Å². The Hall–Kier alpha value is -3.89. The van der Waals surface area contributed by atoms with Gasteiger partial charge in [0.05, 0.1) is 31.9 Å². The number of sulfonamides is 1. The van der Waals surface area contributed by atoms with Crippen molar-refractivity contribution < 1.29 is 32.2 Å². The average Bonchev–Trinajstić information content (AvgIpc) is 2.90. The standard InChI is InChI=1S/C26H27ClN2O7S/c1-5-13-36-20-8-6-7-19(15-20)28-26(30)17-29(22-14-18(27)9-11-23(22)33-2)37(31,32)21-10-12-24(34-3)25(16-21)35-4/h5-12,14-16H,1,13,17H2,2-4H3,(H,28,30). The van der Waals surface area contributed by atoms with Crippen LogP contribution in [-0.4, -0.2) is 48.8 Å². The van der Waals surface area contributed by atoms with Crippen LogP contribution in [0.4, 0.5) is 11.4 Å². The molecule has 0 spiro atoms. The molecule has 0 saturated heterocycles. The first-order valence-corrected chi connectivity index (χ1v) is 12.8. The second-order valence-corrected chi connectivity index (χ2v) is 9.82. The lowest BCUT2D eigenvalue weighted by Gasteiger charge is -2.26. The molecule has 0 unspecified atom stereocenters. The van der Waals surface area contributed by atoms with Crippen molar-refractivity contribution in [3.8, 4) is 23.0 Å². The molecule has 9 nitrogen and oxygen atoms in total. The van der Waals surface area contributed by atoms with E-state index in [1.54, 1.807) is 36.4 Å². The Labute approximate surface area is 221 Å². The number of hydrogen-bond acceptors (Lipinski definition) is 7. The van der Waals surface area contributed by atoms with Gasteiger partial charge < -0.3 is 24.3 Å². The molecule has 1 amide bonds. The predicted molar refractivity (Wildman–Crippen MR) is 143 cm³/mol. The van der Waals surface area contributed by atoms with Crippen molar-refractivity contribution in [1.29, 1.82) is 0 Å². The van der Waals surface area contributed by atoms with Crippen LogP contribution < -0.4 is 28.6 Å². The average molecular weight is 547 g/mol. The molecule has 0 fully saturated rings. The predicted octanol–water partition coefficient (Wildman–Crippen LogP) is 4.76. The number of rotatable bonds is 12. The van der Waals surface area contributed by atoms with Crippen LogP contribution in [0.3, 0.4) is 0 Å². The highest BCUT2D eigenvalue weighted by Crippen LogP contribution is 2.37. The fourth-order valence-corrected chi connectivity index (χ4v) is 5.02. The number of benzene rings is 3. The van der Waals surface area contributed by atoms with E-state index in [0.717, 1.165) is 4.31 Å². The summed E-state index contributed by atoms with van der Waals surface area (Å²) < 4.78 is 50.0. The van der Waals surface area contributed by atoms with E-state index < -0.39 is 22.5 Å². The van der Waals surface area contributed by atoms with Crippen LogP contribution in [0, 0.1) is 0 Å². The molecule has 0 atom stereocenters. The monoisotopic (exact) mass is 546 g/mol. The summed E-state index contributed by atoms with van der Waals surface area (Å²) in [5, 5.41) is 2.97. The van der Waals surface area contributed by atoms with E-state index in [4.69, 9.17) is 30.5 Å². The first-order valence-electron chi connectivity index (χ1n) is 11.0. The normalized spacial score (nSPS) is 10.8. The smallest absolute Gasteiger partial charge is 0.265 e. The fraction of sp³-hybridized carbons (Fsp3) is 0.192. The zero-order chi connectivity index (χ0) is 27.0. The van der Waals surface area contributed by atoms with E-state index in [0.29, 0.717) is 23.8 Å². The minimum Gasteiger partial charge on any atom is -0.495 e. The summed E-state index contributed by atoms with van der Waals surface area (Å²) in [5.41, 5.74) is 0.510. The number of anilines is 2. The van der Waals surface area contributed by atoms with Crippen molar-refractivity contribution in [3.63, 3.8) is 0 Å². The first-order chi connectivity index (χ1) is 17.7. The van der Waals surface area contributed by atoms with Gasteiger partial charge in [0.15, 0.2) is 11.5 Å². The van der Waals surface area contributed by atoms with Gasteiger partial charge in [0, 0.05) is 22.8 Å². The van der Waals surface area contributed by atoms with Gasteiger partial charge in [0.25, 0.3) is 10.0 Å². The molecule has 0 aliphatic heterocycles. The Morgan fingerprint density at radius 2 is 1.68 bits per heavy atom. The quantitative estimate of drug-likeness (QED) is 0.326. The maximum absolute atomic E-state index is 13.9. The number of methoxy groups -OCH3 is 3. The highest BCUT2D eigenvalue weighted by atomic mass is 35.5. The van der Waals surface area contributed by atoms with Crippen LogP contribution in [0.15, 0.2) is 78.2 Å². The third kappa shape index (κ3) is 6.66. The van der Waals surface area contributed by atoms with Gasteiger partial charge in [0.1, 0.15) is 24.7 Å². The van der Waals surface area contributed by atoms with Crippen molar-refractivity contribution in [3.05, 3.63) is 78.3 Å². The molecule has 0 aliphatic carbocycles. The Morgan fingerprint density at radius 1 is 0.973 bits per heavy atom. The number of amides is 1. The Kier molecular flexibility index (Phi) is 9.26. The van der Waals surface area contributed by atoms with Gasteiger partial charge in [-0.25, -0.2) is 8.42 Å². The molecule has 3 rings (SSSR count). The molecule has 11 heteroatoms. The Balaban J connectivity index is 2.02. The zero-order valence-corrected chi connectivity index (χ0v) is 22.1. The summed E-state index contributed by atoms with van der Waals surface area (Å²) >= 11 is 6.19. The number of hydrogen-bond donors (Lipinski definition) is 1. The van der Waals surface area contributed by atoms with Gasteiger partial charge in [-0.1, -0.05) is 30.3 Å². The van der Waals surface area contributed by atoms with Gasteiger partial charge in [-0.3, -0.25) is 9.10 Å². The molecule has 37 heavy (non-hydrogen) atoms. The number of nitrogens with one attached hydrogen (secondary N) is 1. The van der Waals surface area contributed by atoms with Gasteiger partial charge in [0.2, 0.25) is 5.91 Å². The second-order valence-electron chi connectivity index (χ2n) is 7.52. The SMILES string of the molecule is C=CCOc1cccc(NC(=O)CN(c2cc(Cl)ccc2OC)S(=O)(=O)c2ccc(OC)c(OC)c2)c1. The van der Waals surface area contributed by atoms with Crippen LogP contribution in [0.25, 0.3) is 0 Å². The lowest BCUT2D eigenvalue weighted by atomic mass is 10.2. The topological polar surface area (TPSA) is 103 Å². The zero-order valence-electron chi connectivity index (χ0n) is 20.6. The molecule has 196 valence electrons. The Morgan fingerprint density at radius 3 is 2.35 bits per heavy atom. The molecule has 0 radical (unpaired) electrons. The van der Waals surface area contributed by atoms with E-state index in [9.17, 15) is 13.2 Å². The molecule has 3 aromatic carbocycles. The van der Waals surface area contributed by atoms with Crippen LogP contribution in [0.2, 0.25) is 5.02 Å². The summed E-state index contributed by atoms with van der Waals surface area (Å²) in [7, 11) is -0.0778. The number of ether oxygens (including phenoxy) is 4. The lowest BCUT2D eigenvalue weighted by Crippen LogP contribution is -2.38. The van der Waals surface area contributed by atoms with Crippen molar-refractivity contribution in [2.45, 2.75) is 4.90 Å². The third-order valence-corrected chi connectivity index (χ3v) is 7.12. The summed E-state index contributed by atoms with van der Waals surface area (Å²) in [4.78, 5) is 13.0. The van der Waals surface area contributed by atoms with E-state index >= 15 is 0 Å². The number of halogens is 1. The highest BCUT2D eigenvalue weighted by Gasteiger charge is 2.30. The van der Waals surface area contributed by atoms with Crippen molar-refractivity contribution >= 4 is 38.9 Å². The first kappa shape index (κ1) is 27.7. The summed E-state index contributed by atoms with van der Waals surface area (Å²) in [5.74, 6) is 0.684. The molecule has 0 aliphatic rings. The molecule has 0 bridgehead atoms. The number of carbonyl (C=O) groups is 1. The minimum atomic E-state index is -4.31. The van der Waals surface area contributed by atoms with Crippen LogP contribution in [0.5, 0.6) is 23.0 Å². The molecule has 0 saturated carbocycles. The van der Waals surface area contributed by atoms with E-state index in [1.807, 2.05) is 0 Å². The third-order valence-electron chi connectivity index (χ3n) is 5.13. The van der Waals surface area contributed by atoms with Gasteiger partial charge in [-0.05, 0) is 42.5 Å². The van der Waals surface area contributed by atoms with Crippen molar-refractivity contribution in [2.24, 2.45) is 0 Å². The molecule has 3 aromatic rings. The molecule has 0 heterocycles. The lowest BCUT2D eigenvalue weighted by molar-refractivity contribution is -0.114. The van der Waals surface area contributed by atoms with E-state index in [1.165, 1.54) is 51.7 Å². The molecule has 1 N–H and O–H groups in total. The van der Waals surface area contributed by atoms with Crippen LogP contribution >= 0.6 is 11.6 Å². The van der Waals surface area contributed by atoms with Gasteiger partial charge in [-0.2, -0.15) is 0 Å². The molecular formula is C26H27ClN2O7S. The summed E-state index contributed by atoms with van der Waals surface area (Å²) in [6.45, 7) is 3.32.